The van der Waals surface area contributed by atoms with Crippen LogP contribution in [0.3, 0.4) is 0 Å². The summed E-state index contributed by atoms with van der Waals surface area (Å²) >= 11 is 0. The average molecular weight is 328 g/mol. The van der Waals surface area contributed by atoms with Crippen LogP contribution >= 0.6 is 0 Å². The molecule has 0 fully saturated rings. The standard InChI is InChI=1S/C19H24N2O3/c1-5-13-6-8-14(9-7-13)19(2,3)12-20-17(22)15-10-11-16(18(23)24)21(15)4/h6-11H,5,12H2,1-4H3,(H,20,22)(H,23,24). The van der Waals surface area contributed by atoms with E-state index in [4.69, 9.17) is 5.11 Å². The topological polar surface area (TPSA) is 71.3 Å². The third-order valence-corrected chi connectivity index (χ3v) is 4.41. The number of carboxylic acid groups (broad SMARTS) is 1. The van der Waals surface area contributed by atoms with E-state index in [-0.39, 0.29) is 17.0 Å². The zero-order valence-electron chi connectivity index (χ0n) is 14.6. The highest BCUT2D eigenvalue weighted by Gasteiger charge is 2.23. The molecule has 0 spiro atoms. The molecule has 2 rings (SSSR count). The minimum absolute atomic E-state index is 0.0922. The minimum atomic E-state index is -1.05. The molecule has 0 saturated heterocycles. The summed E-state index contributed by atoms with van der Waals surface area (Å²) in [6.07, 6.45) is 0.997. The number of nitrogens with zero attached hydrogens (tertiary/aromatic N) is 1. The van der Waals surface area contributed by atoms with Gasteiger partial charge in [-0.3, -0.25) is 4.79 Å². The highest BCUT2D eigenvalue weighted by Crippen LogP contribution is 2.23. The molecule has 128 valence electrons. The van der Waals surface area contributed by atoms with E-state index in [1.54, 1.807) is 7.05 Å². The van der Waals surface area contributed by atoms with E-state index in [0.717, 1.165) is 12.0 Å². The van der Waals surface area contributed by atoms with Crippen molar-refractivity contribution < 1.29 is 14.7 Å². The van der Waals surface area contributed by atoms with Gasteiger partial charge in [0.15, 0.2) is 0 Å². The van der Waals surface area contributed by atoms with Crippen LogP contribution in [-0.4, -0.2) is 28.1 Å². The van der Waals surface area contributed by atoms with E-state index < -0.39 is 5.97 Å². The van der Waals surface area contributed by atoms with Crippen LogP contribution in [-0.2, 0) is 18.9 Å². The van der Waals surface area contributed by atoms with Crippen LogP contribution in [0, 0.1) is 0 Å². The maximum atomic E-state index is 12.4. The van der Waals surface area contributed by atoms with Gasteiger partial charge in [-0.2, -0.15) is 0 Å². The molecule has 1 amide bonds. The molecule has 0 aliphatic heterocycles. The maximum absolute atomic E-state index is 12.4. The van der Waals surface area contributed by atoms with Gasteiger partial charge in [-0.1, -0.05) is 45.0 Å². The van der Waals surface area contributed by atoms with Crippen LogP contribution in [0.5, 0.6) is 0 Å². The number of carbonyl (C=O) groups is 2. The second-order valence-corrected chi connectivity index (χ2v) is 6.59. The van der Waals surface area contributed by atoms with Crippen LogP contribution in [0.2, 0.25) is 0 Å². The van der Waals surface area contributed by atoms with Gasteiger partial charge in [-0.05, 0) is 29.7 Å². The second kappa shape index (κ2) is 6.91. The molecule has 2 N–H and O–H groups in total. The number of benzene rings is 1. The first-order valence-electron chi connectivity index (χ1n) is 8.03. The summed E-state index contributed by atoms with van der Waals surface area (Å²) in [5.41, 5.74) is 2.64. The lowest BCUT2D eigenvalue weighted by Crippen LogP contribution is -2.37. The van der Waals surface area contributed by atoms with Crippen LogP contribution in [0.4, 0.5) is 0 Å². The Morgan fingerprint density at radius 1 is 1.08 bits per heavy atom. The summed E-state index contributed by atoms with van der Waals surface area (Å²) in [7, 11) is 1.58. The van der Waals surface area contributed by atoms with Gasteiger partial charge < -0.3 is 15.0 Å². The van der Waals surface area contributed by atoms with E-state index >= 15 is 0 Å². The fourth-order valence-corrected chi connectivity index (χ4v) is 2.64. The Morgan fingerprint density at radius 2 is 1.67 bits per heavy atom. The number of nitrogens with one attached hydrogen (secondary N) is 1. The van der Waals surface area contributed by atoms with Crippen molar-refractivity contribution in [3.05, 3.63) is 58.9 Å². The monoisotopic (exact) mass is 328 g/mol. The zero-order valence-corrected chi connectivity index (χ0v) is 14.6. The molecule has 1 aromatic heterocycles. The van der Waals surface area contributed by atoms with Crippen molar-refractivity contribution in [2.75, 3.05) is 6.54 Å². The smallest absolute Gasteiger partial charge is 0.352 e. The molecule has 0 radical (unpaired) electrons. The Balaban J connectivity index is 2.08. The first kappa shape index (κ1) is 17.8. The molecule has 0 saturated carbocycles. The molecule has 5 heteroatoms. The predicted molar refractivity (Wildman–Crippen MR) is 93.6 cm³/mol. The summed E-state index contributed by atoms with van der Waals surface area (Å²) in [5, 5.41) is 12.0. The van der Waals surface area contributed by atoms with E-state index in [1.165, 1.54) is 22.3 Å². The number of carboxylic acids is 1. The van der Waals surface area contributed by atoms with Crippen molar-refractivity contribution >= 4 is 11.9 Å². The third kappa shape index (κ3) is 3.67. The summed E-state index contributed by atoms with van der Waals surface area (Å²) in [4.78, 5) is 23.4. The molecule has 0 atom stereocenters. The molecular formula is C19H24N2O3. The summed E-state index contributed by atoms with van der Waals surface area (Å²) in [5.74, 6) is -1.32. The van der Waals surface area contributed by atoms with Crippen molar-refractivity contribution in [3.8, 4) is 0 Å². The first-order valence-corrected chi connectivity index (χ1v) is 8.03. The number of hydrogen-bond donors (Lipinski definition) is 2. The fraction of sp³-hybridized carbons (Fsp3) is 0.368. The molecule has 2 aromatic rings. The van der Waals surface area contributed by atoms with Gasteiger partial charge >= 0.3 is 5.97 Å². The Hall–Kier alpha value is -2.56. The molecule has 0 aliphatic carbocycles. The van der Waals surface area contributed by atoms with E-state index in [2.05, 4.69) is 50.4 Å². The van der Waals surface area contributed by atoms with Crippen molar-refractivity contribution in [1.29, 1.82) is 0 Å². The molecule has 24 heavy (non-hydrogen) atoms. The lowest BCUT2D eigenvalue weighted by atomic mass is 9.84. The Morgan fingerprint density at radius 3 is 2.17 bits per heavy atom. The molecule has 0 unspecified atom stereocenters. The molecule has 1 heterocycles. The number of aromatic carboxylic acids is 1. The Kier molecular flexibility index (Phi) is 5.12. The maximum Gasteiger partial charge on any atom is 0.352 e. The number of rotatable bonds is 6. The van der Waals surface area contributed by atoms with Crippen molar-refractivity contribution in [2.45, 2.75) is 32.6 Å². The van der Waals surface area contributed by atoms with Gasteiger partial charge in [0.1, 0.15) is 11.4 Å². The highest BCUT2D eigenvalue weighted by atomic mass is 16.4. The fourth-order valence-electron chi connectivity index (χ4n) is 2.64. The molecule has 0 aliphatic rings. The van der Waals surface area contributed by atoms with E-state index in [0.29, 0.717) is 12.2 Å². The SMILES string of the molecule is CCc1ccc(C(C)(C)CNC(=O)c2ccc(C(=O)O)n2C)cc1. The van der Waals surface area contributed by atoms with Crippen LogP contribution in [0.25, 0.3) is 0 Å². The lowest BCUT2D eigenvalue weighted by molar-refractivity contribution is 0.0686. The molecule has 5 nitrogen and oxygen atoms in total. The quantitative estimate of drug-likeness (QED) is 0.856. The van der Waals surface area contributed by atoms with E-state index in [9.17, 15) is 9.59 Å². The van der Waals surface area contributed by atoms with Crippen molar-refractivity contribution in [1.82, 2.24) is 9.88 Å². The highest BCUT2D eigenvalue weighted by molar-refractivity contribution is 5.95. The van der Waals surface area contributed by atoms with E-state index in [1.807, 2.05) is 0 Å². The lowest BCUT2D eigenvalue weighted by Gasteiger charge is -2.26. The first-order chi connectivity index (χ1) is 11.3. The number of hydrogen-bond acceptors (Lipinski definition) is 2. The van der Waals surface area contributed by atoms with Crippen LogP contribution in [0.15, 0.2) is 36.4 Å². The largest absolute Gasteiger partial charge is 0.477 e. The van der Waals surface area contributed by atoms with Gasteiger partial charge in [0.25, 0.3) is 5.91 Å². The van der Waals surface area contributed by atoms with Crippen LogP contribution in [0.1, 0.15) is 52.9 Å². The predicted octanol–water partition coefficient (Wildman–Crippen LogP) is 2.99. The summed E-state index contributed by atoms with van der Waals surface area (Å²) < 4.78 is 1.39. The Labute approximate surface area is 142 Å². The average Bonchev–Trinajstić information content (AvgIpc) is 2.94. The minimum Gasteiger partial charge on any atom is -0.477 e. The van der Waals surface area contributed by atoms with Crippen molar-refractivity contribution in [3.63, 3.8) is 0 Å². The van der Waals surface area contributed by atoms with Crippen LogP contribution < -0.4 is 5.32 Å². The number of aromatic nitrogens is 1. The van der Waals surface area contributed by atoms with Gasteiger partial charge in [0, 0.05) is 19.0 Å². The molecule has 1 aromatic carbocycles. The normalized spacial score (nSPS) is 11.3. The number of aryl methyl sites for hydroxylation is 1. The van der Waals surface area contributed by atoms with Crippen molar-refractivity contribution in [2.24, 2.45) is 7.05 Å². The van der Waals surface area contributed by atoms with Gasteiger partial charge in [0.05, 0.1) is 0 Å². The molecular weight excluding hydrogens is 304 g/mol. The van der Waals surface area contributed by atoms with Gasteiger partial charge in [0.2, 0.25) is 0 Å². The number of carbonyl (C=O) groups excluding carboxylic acids is 1. The Bertz CT molecular complexity index is 742. The number of amides is 1. The molecule has 0 bridgehead atoms. The second-order valence-electron chi connectivity index (χ2n) is 6.59. The van der Waals surface area contributed by atoms with Gasteiger partial charge in [-0.15, -0.1) is 0 Å². The summed E-state index contributed by atoms with van der Waals surface area (Å²) in [6, 6.07) is 11.4. The third-order valence-electron chi connectivity index (χ3n) is 4.41. The van der Waals surface area contributed by atoms with Gasteiger partial charge in [-0.25, -0.2) is 4.79 Å². The summed E-state index contributed by atoms with van der Waals surface area (Å²) in [6.45, 7) is 6.72. The zero-order chi connectivity index (χ0) is 17.9.